The minimum Gasteiger partial charge on any atom is -0.378 e. The first-order chi connectivity index (χ1) is 12.1. The van der Waals surface area contributed by atoms with Gasteiger partial charge in [0.15, 0.2) is 0 Å². The monoisotopic (exact) mass is 351 g/mol. The van der Waals surface area contributed by atoms with Crippen molar-refractivity contribution in [1.29, 1.82) is 0 Å². The molecule has 0 aliphatic carbocycles. The van der Waals surface area contributed by atoms with Crippen molar-refractivity contribution in [3.05, 3.63) is 0 Å². The molecular formula is C19H33N3O3. The molecule has 2 atom stereocenters. The van der Waals surface area contributed by atoms with Crippen molar-refractivity contribution < 1.29 is 14.3 Å². The van der Waals surface area contributed by atoms with E-state index in [1.807, 2.05) is 16.7 Å². The summed E-state index contributed by atoms with van der Waals surface area (Å²) in [4.78, 5) is 31.8. The molecular weight excluding hydrogens is 318 g/mol. The molecule has 2 unspecified atom stereocenters. The minimum atomic E-state index is -0.117. The predicted octanol–water partition coefficient (Wildman–Crippen LogP) is 1.20. The van der Waals surface area contributed by atoms with Crippen molar-refractivity contribution in [3.63, 3.8) is 0 Å². The van der Waals surface area contributed by atoms with Crippen molar-refractivity contribution in [2.24, 2.45) is 11.8 Å². The van der Waals surface area contributed by atoms with Crippen LogP contribution in [0.5, 0.6) is 0 Å². The normalized spacial score (nSPS) is 28.0. The maximum Gasteiger partial charge on any atom is 0.239 e. The molecule has 25 heavy (non-hydrogen) atoms. The average Bonchev–Trinajstić information content (AvgIpc) is 2.67. The van der Waals surface area contributed by atoms with Crippen molar-refractivity contribution >= 4 is 11.8 Å². The van der Waals surface area contributed by atoms with Gasteiger partial charge in [0.05, 0.1) is 25.2 Å². The van der Waals surface area contributed by atoms with E-state index in [-0.39, 0.29) is 23.8 Å². The molecule has 0 saturated carbocycles. The van der Waals surface area contributed by atoms with Crippen LogP contribution < -0.4 is 0 Å². The summed E-state index contributed by atoms with van der Waals surface area (Å²) in [6.45, 7) is 10.4. The predicted molar refractivity (Wildman–Crippen MR) is 96.1 cm³/mol. The van der Waals surface area contributed by atoms with Crippen LogP contribution in [0, 0.1) is 11.8 Å². The molecule has 0 aromatic rings. The molecule has 6 nitrogen and oxygen atoms in total. The van der Waals surface area contributed by atoms with Gasteiger partial charge in [-0.15, -0.1) is 0 Å². The molecule has 3 heterocycles. The fourth-order valence-corrected chi connectivity index (χ4v) is 4.25. The SMILES string of the molecule is CC1CCN(C(=O)C(C)N2CCCC(C(=O)N3CCOCC3)C2)CC1. The number of carbonyl (C=O) groups excluding carboxylic acids is 2. The van der Waals surface area contributed by atoms with Gasteiger partial charge >= 0.3 is 0 Å². The van der Waals surface area contributed by atoms with Gasteiger partial charge in [-0.3, -0.25) is 14.5 Å². The number of nitrogens with zero attached hydrogens (tertiary/aromatic N) is 3. The van der Waals surface area contributed by atoms with Gasteiger partial charge in [0.25, 0.3) is 0 Å². The summed E-state index contributed by atoms with van der Waals surface area (Å²) >= 11 is 0. The minimum absolute atomic E-state index is 0.0310. The lowest BCUT2D eigenvalue weighted by Crippen LogP contribution is -2.54. The van der Waals surface area contributed by atoms with E-state index in [9.17, 15) is 9.59 Å². The highest BCUT2D eigenvalue weighted by Crippen LogP contribution is 2.23. The maximum absolute atomic E-state index is 12.9. The Labute approximate surface area is 151 Å². The Balaban J connectivity index is 1.54. The summed E-state index contributed by atoms with van der Waals surface area (Å²) in [5.41, 5.74) is 0. The maximum atomic E-state index is 12.9. The van der Waals surface area contributed by atoms with Crippen molar-refractivity contribution in [1.82, 2.24) is 14.7 Å². The number of amides is 2. The molecule has 6 heteroatoms. The molecule has 0 aromatic carbocycles. The lowest BCUT2D eigenvalue weighted by Gasteiger charge is -2.40. The smallest absolute Gasteiger partial charge is 0.239 e. The summed E-state index contributed by atoms with van der Waals surface area (Å²) in [6, 6.07) is -0.117. The van der Waals surface area contributed by atoms with Crippen LogP contribution in [0.4, 0.5) is 0 Å². The quantitative estimate of drug-likeness (QED) is 0.767. The van der Waals surface area contributed by atoms with E-state index < -0.39 is 0 Å². The van der Waals surface area contributed by atoms with Gasteiger partial charge in [-0.05, 0) is 45.1 Å². The Kier molecular flexibility index (Phi) is 6.34. The van der Waals surface area contributed by atoms with Gasteiger partial charge in [0.1, 0.15) is 0 Å². The van der Waals surface area contributed by atoms with Crippen LogP contribution in [0.15, 0.2) is 0 Å². The number of hydrogen-bond donors (Lipinski definition) is 0. The zero-order valence-electron chi connectivity index (χ0n) is 15.8. The number of rotatable bonds is 3. The molecule has 0 N–H and O–H groups in total. The van der Waals surface area contributed by atoms with Crippen LogP contribution in [0.2, 0.25) is 0 Å². The van der Waals surface area contributed by atoms with Crippen molar-refractivity contribution in [2.75, 3.05) is 52.5 Å². The molecule has 0 spiro atoms. The Morgan fingerprint density at radius 3 is 2.32 bits per heavy atom. The van der Waals surface area contributed by atoms with Crippen molar-refractivity contribution in [3.8, 4) is 0 Å². The number of likely N-dealkylation sites (tertiary alicyclic amines) is 2. The zero-order valence-corrected chi connectivity index (χ0v) is 15.8. The summed E-state index contributed by atoms with van der Waals surface area (Å²) in [5, 5.41) is 0. The van der Waals surface area contributed by atoms with Crippen LogP contribution in [0.3, 0.4) is 0 Å². The summed E-state index contributed by atoms with van der Waals surface area (Å²) in [6.07, 6.45) is 4.15. The molecule has 3 fully saturated rings. The highest BCUT2D eigenvalue weighted by atomic mass is 16.5. The Hall–Kier alpha value is -1.14. The van der Waals surface area contributed by atoms with E-state index in [1.165, 1.54) is 0 Å². The van der Waals surface area contributed by atoms with E-state index in [4.69, 9.17) is 4.74 Å². The van der Waals surface area contributed by atoms with Gasteiger partial charge in [-0.2, -0.15) is 0 Å². The number of carbonyl (C=O) groups is 2. The summed E-state index contributed by atoms with van der Waals surface area (Å²) in [7, 11) is 0. The third kappa shape index (κ3) is 4.53. The standard InChI is InChI=1S/C19H33N3O3/c1-15-5-8-20(9-6-15)18(23)16(2)22-7-3-4-17(14-22)19(24)21-10-12-25-13-11-21/h15-17H,3-14H2,1-2H3. The van der Waals surface area contributed by atoms with Gasteiger partial charge in [-0.25, -0.2) is 0 Å². The molecule has 3 saturated heterocycles. The van der Waals surface area contributed by atoms with Crippen LogP contribution in [0.1, 0.15) is 39.5 Å². The Bertz CT molecular complexity index is 471. The van der Waals surface area contributed by atoms with Crippen LogP contribution in [0.25, 0.3) is 0 Å². The first-order valence-electron chi connectivity index (χ1n) is 9.95. The van der Waals surface area contributed by atoms with E-state index in [1.54, 1.807) is 0 Å². The van der Waals surface area contributed by atoms with E-state index in [0.717, 1.165) is 51.2 Å². The van der Waals surface area contributed by atoms with Crippen LogP contribution >= 0.6 is 0 Å². The lowest BCUT2D eigenvalue weighted by atomic mass is 9.94. The molecule has 142 valence electrons. The highest BCUT2D eigenvalue weighted by Gasteiger charge is 2.35. The number of morpholine rings is 1. The second-order valence-corrected chi connectivity index (χ2v) is 7.96. The highest BCUT2D eigenvalue weighted by molar-refractivity contribution is 5.82. The molecule has 2 amide bonds. The summed E-state index contributed by atoms with van der Waals surface area (Å²) < 4.78 is 5.35. The fourth-order valence-electron chi connectivity index (χ4n) is 4.25. The molecule has 0 bridgehead atoms. The lowest BCUT2D eigenvalue weighted by molar-refractivity contribution is -0.145. The Morgan fingerprint density at radius 1 is 0.960 bits per heavy atom. The van der Waals surface area contributed by atoms with Crippen LogP contribution in [-0.2, 0) is 14.3 Å². The fraction of sp³-hybridized carbons (Fsp3) is 0.895. The second kappa shape index (κ2) is 8.49. The van der Waals surface area contributed by atoms with E-state index in [0.29, 0.717) is 32.8 Å². The molecule has 3 aliphatic rings. The molecule has 3 aliphatic heterocycles. The second-order valence-electron chi connectivity index (χ2n) is 7.96. The first kappa shape index (κ1) is 18.6. The summed E-state index contributed by atoms with van der Waals surface area (Å²) in [5.74, 6) is 1.25. The Morgan fingerprint density at radius 2 is 1.64 bits per heavy atom. The van der Waals surface area contributed by atoms with E-state index in [2.05, 4.69) is 11.8 Å². The number of piperidine rings is 2. The molecule has 0 radical (unpaired) electrons. The molecule has 3 rings (SSSR count). The average molecular weight is 351 g/mol. The first-order valence-corrected chi connectivity index (χ1v) is 9.95. The largest absolute Gasteiger partial charge is 0.378 e. The van der Waals surface area contributed by atoms with Crippen LogP contribution in [-0.4, -0.2) is 85.0 Å². The van der Waals surface area contributed by atoms with Gasteiger partial charge in [0, 0.05) is 32.7 Å². The van der Waals surface area contributed by atoms with E-state index >= 15 is 0 Å². The molecule has 0 aromatic heterocycles. The third-order valence-corrected chi connectivity index (χ3v) is 6.13. The van der Waals surface area contributed by atoms with Gasteiger partial charge in [-0.1, -0.05) is 6.92 Å². The zero-order chi connectivity index (χ0) is 17.8. The topological polar surface area (TPSA) is 53.1 Å². The van der Waals surface area contributed by atoms with Gasteiger partial charge in [0.2, 0.25) is 11.8 Å². The third-order valence-electron chi connectivity index (χ3n) is 6.13. The number of ether oxygens (including phenoxy) is 1. The number of hydrogen-bond acceptors (Lipinski definition) is 4. The van der Waals surface area contributed by atoms with Crippen molar-refractivity contribution in [2.45, 2.75) is 45.6 Å². The van der Waals surface area contributed by atoms with Gasteiger partial charge < -0.3 is 14.5 Å².